The molecule has 168 valence electrons. The third kappa shape index (κ3) is 5.18. The molecule has 0 heterocycles. The van der Waals surface area contributed by atoms with Gasteiger partial charge in [-0.05, 0) is 55.8 Å². The highest BCUT2D eigenvalue weighted by Crippen LogP contribution is 2.34. The van der Waals surface area contributed by atoms with Crippen LogP contribution in [0.5, 0.6) is 5.75 Å². The Morgan fingerprint density at radius 1 is 0.969 bits per heavy atom. The summed E-state index contributed by atoms with van der Waals surface area (Å²) in [6.45, 7) is 3.17. The first-order valence-corrected chi connectivity index (χ1v) is 11.8. The molecule has 0 bridgehead atoms. The van der Waals surface area contributed by atoms with Gasteiger partial charge in [-0.2, -0.15) is 0 Å². The second-order valence-electron chi connectivity index (χ2n) is 7.14. The zero-order chi connectivity index (χ0) is 23.5. The molecule has 1 amide bonds. The van der Waals surface area contributed by atoms with E-state index < -0.39 is 22.5 Å². The Bertz CT molecular complexity index is 1230. The van der Waals surface area contributed by atoms with Crippen LogP contribution in [0.4, 0.5) is 11.4 Å². The fourth-order valence-corrected chi connectivity index (χ4v) is 4.97. The standard InChI is InChI=1S/C23H22Cl2N2O4S/c1-15-7-10-17(11-8-15)32(29,30)27(20-13-16(2)9-12-21(20)31-3)14-22(28)26-23-18(24)5-4-6-19(23)25/h4-13H,14H2,1-3H3,(H,26,28). The summed E-state index contributed by atoms with van der Waals surface area (Å²) in [5, 5.41) is 3.10. The molecule has 32 heavy (non-hydrogen) atoms. The van der Waals surface area contributed by atoms with E-state index in [4.69, 9.17) is 27.9 Å². The van der Waals surface area contributed by atoms with Crippen molar-refractivity contribution in [3.63, 3.8) is 0 Å². The minimum absolute atomic E-state index is 0.0511. The lowest BCUT2D eigenvalue weighted by atomic mass is 10.2. The number of methoxy groups -OCH3 is 1. The second kappa shape index (κ2) is 9.81. The highest BCUT2D eigenvalue weighted by molar-refractivity contribution is 7.92. The molecule has 0 unspecified atom stereocenters. The molecule has 1 N–H and O–H groups in total. The number of rotatable bonds is 7. The smallest absolute Gasteiger partial charge is 0.264 e. The number of para-hydroxylation sites is 1. The summed E-state index contributed by atoms with van der Waals surface area (Å²) < 4.78 is 33.6. The van der Waals surface area contributed by atoms with E-state index >= 15 is 0 Å². The van der Waals surface area contributed by atoms with Gasteiger partial charge in [-0.3, -0.25) is 9.10 Å². The van der Waals surface area contributed by atoms with Crippen molar-refractivity contribution in [3.8, 4) is 5.75 Å². The molecule has 0 fully saturated rings. The van der Waals surface area contributed by atoms with Gasteiger partial charge in [0.05, 0.1) is 33.4 Å². The molecule has 9 heteroatoms. The van der Waals surface area contributed by atoms with E-state index in [9.17, 15) is 13.2 Å². The number of aryl methyl sites for hydroxylation is 2. The van der Waals surface area contributed by atoms with Gasteiger partial charge < -0.3 is 10.1 Å². The molecule has 0 aliphatic carbocycles. The lowest BCUT2D eigenvalue weighted by molar-refractivity contribution is -0.114. The van der Waals surface area contributed by atoms with Gasteiger partial charge in [-0.15, -0.1) is 0 Å². The van der Waals surface area contributed by atoms with Crippen molar-refractivity contribution >= 4 is 50.5 Å². The van der Waals surface area contributed by atoms with Gasteiger partial charge in [-0.1, -0.05) is 53.0 Å². The molecule has 0 saturated carbocycles. The molecule has 0 saturated heterocycles. The van der Waals surface area contributed by atoms with E-state index in [1.54, 1.807) is 48.5 Å². The SMILES string of the molecule is COc1ccc(C)cc1N(CC(=O)Nc1c(Cl)cccc1Cl)S(=O)(=O)c1ccc(C)cc1. The summed E-state index contributed by atoms with van der Waals surface area (Å²) in [6.07, 6.45) is 0. The van der Waals surface area contributed by atoms with E-state index in [2.05, 4.69) is 5.32 Å². The lowest BCUT2D eigenvalue weighted by Crippen LogP contribution is -2.38. The Kier molecular flexibility index (Phi) is 7.33. The number of nitrogens with one attached hydrogen (secondary N) is 1. The van der Waals surface area contributed by atoms with Gasteiger partial charge in [-0.25, -0.2) is 8.42 Å². The van der Waals surface area contributed by atoms with Crippen molar-refractivity contribution in [2.24, 2.45) is 0 Å². The van der Waals surface area contributed by atoms with Crippen LogP contribution in [-0.2, 0) is 14.8 Å². The van der Waals surface area contributed by atoms with Crippen LogP contribution >= 0.6 is 23.2 Å². The predicted molar refractivity (Wildman–Crippen MR) is 129 cm³/mol. The number of benzene rings is 3. The first kappa shape index (κ1) is 23.9. The highest BCUT2D eigenvalue weighted by atomic mass is 35.5. The number of nitrogens with zero attached hydrogens (tertiary/aromatic N) is 1. The van der Waals surface area contributed by atoms with Crippen molar-refractivity contribution in [3.05, 3.63) is 81.8 Å². The number of carbonyl (C=O) groups excluding carboxylic acids is 1. The molecule has 0 atom stereocenters. The van der Waals surface area contributed by atoms with E-state index in [1.165, 1.54) is 19.2 Å². The van der Waals surface area contributed by atoms with Gasteiger partial charge in [0.25, 0.3) is 10.0 Å². The number of hydrogen-bond donors (Lipinski definition) is 1. The lowest BCUT2D eigenvalue weighted by Gasteiger charge is -2.26. The minimum atomic E-state index is -4.10. The van der Waals surface area contributed by atoms with Gasteiger partial charge >= 0.3 is 0 Å². The van der Waals surface area contributed by atoms with Crippen molar-refractivity contribution in [1.82, 2.24) is 0 Å². The largest absolute Gasteiger partial charge is 0.495 e. The number of amides is 1. The predicted octanol–water partition coefficient (Wildman–Crippen LogP) is 5.45. The Morgan fingerprint density at radius 2 is 1.56 bits per heavy atom. The van der Waals surface area contributed by atoms with Gasteiger partial charge in [0, 0.05) is 0 Å². The maximum absolute atomic E-state index is 13.6. The summed E-state index contributed by atoms with van der Waals surface area (Å²) in [6, 6.07) is 16.3. The van der Waals surface area contributed by atoms with Crippen LogP contribution in [0.2, 0.25) is 10.0 Å². The highest BCUT2D eigenvalue weighted by Gasteiger charge is 2.30. The fraction of sp³-hybridized carbons (Fsp3) is 0.174. The molecular weight excluding hydrogens is 471 g/mol. The molecule has 0 spiro atoms. The molecule has 6 nitrogen and oxygen atoms in total. The first-order chi connectivity index (χ1) is 15.1. The zero-order valence-corrected chi connectivity index (χ0v) is 20.1. The zero-order valence-electron chi connectivity index (χ0n) is 17.7. The van der Waals surface area contributed by atoms with Gasteiger partial charge in [0.15, 0.2) is 0 Å². The maximum Gasteiger partial charge on any atom is 0.264 e. The molecule has 0 aliphatic rings. The summed E-state index contributed by atoms with van der Waals surface area (Å²) in [5.74, 6) is -0.297. The average Bonchev–Trinajstić information content (AvgIpc) is 2.75. The Morgan fingerprint density at radius 3 is 2.16 bits per heavy atom. The number of hydrogen-bond acceptors (Lipinski definition) is 4. The molecule has 0 aromatic heterocycles. The van der Waals surface area contributed by atoms with Crippen LogP contribution < -0.4 is 14.4 Å². The summed E-state index contributed by atoms with van der Waals surface area (Å²) >= 11 is 12.3. The van der Waals surface area contributed by atoms with Crippen LogP contribution in [0, 0.1) is 13.8 Å². The molecule has 0 aliphatic heterocycles. The van der Waals surface area contributed by atoms with Crippen LogP contribution in [0.15, 0.2) is 65.6 Å². The number of halogens is 2. The monoisotopic (exact) mass is 492 g/mol. The molecular formula is C23H22Cl2N2O4S. The third-order valence-corrected chi connectivity index (χ3v) is 7.13. The van der Waals surface area contributed by atoms with Crippen LogP contribution in [-0.4, -0.2) is 28.0 Å². The molecule has 3 rings (SSSR count). The maximum atomic E-state index is 13.6. The van der Waals surface area contributed by atoms with E-state index in [1.807, 2.05) is 13.8 Å². The van der Waals surface area contributed by atoms with Crippen molar-refractivity contribution < 1.29 is 17.9 Å². The Hall–Kier alpha value is -2.74. The topological polar surface area (TPSA) is 75.7 Å². The summed E-state index contributed by atoms with van der Waals surface area (Å²) in [7, 11) is -2.66. The number of ether oxygens (including phenoxy) is 1. The van der Waals surface area contributed by atoms with Crippen molar-refractivity contribution in [2.75, 3.05) is 23.3 Å². The fourth-order valence-electron chi connectivity index (χ4n) is 3.06. The van der Waals surface area contributed by atoms with Crippen molar-refractivity contribution in [1.29, 1.82) is 0 Å². The summed E-state index contributed by atoms with van der Waals surface area (Å²) in [5.41, 5.74) is 2.17. The number of anilines is 2. The Labute approximate surface area is 197 Å². The van der Waals surface area contributed by atoms with E-state index in [0.29, 0.717) is 5.75 Å². The quantitative estimate of drug-likeness (QED) is 0.475. The number of carbonyl (C=O) groups is 1. The summed E-state index contributed by atoms with van der Waals surface area (Å²) in [4.78, 5) is 13.0. The second-order valence-corrected chi connectivity index (χ2v) is 9.82. The molecule has 0 radical (unpaired) electrons. The normalized spacial score (nSPS) is 11.2. The Balaban J connectivity index is 2.06. The van der Waals surface area contributed by atoms with Crippen molar-refractivity contribution in [2.45, 2.75) is 18.7 Å². The number of sulfonamides is 1. The van der Waals surface area contributed by atoms with Crippen LogP contribution in [0.3, 0.4) is 0 Å². The van der Waals surface area contributed by atoms with Gasteiger partial charge in [0.2, 0.25) is 5.91 Å². The average molecular weight is 493 g/mol. The van der Waals surface area contributed by atoms with E-state index in [-0.39, 0.29) is 26.3 Å². The first-order valence-electron chi connectivity index (χ1n) is 9.61. The molecule has 3 aromatic rings. The van der Waals surface area contributed by atoms with Gasteiger partial charge in [0.1, 0.15) is 12.3 Å². The van der Waals surface area contributed by atoms with Crippen LogP contribution in [0.25, 0.3) is 0 Å². The third-order valence-electron chi connectivity index (χ3n) is 4.73. The minimum Gasteiger partial charge on any atom is -0.495 e. The molecule has 3 aromatic carbocycles. The van der Waals surface area contributed by atoms with Crippen LogP contribution in [0.1, 0.15) is 11.1 Å². The van der Waals surface area contributed by atoms with E-state index in [0.717, 1.165) is 15.4 Å².